The Labute approximate surface area is 98.2 Å². The van der Waals surface area contributed by atoms with E-state index in [1.807, 2.05) is 0 Å². The lowest BCUT2D eigenvalue weighted by Gasteiger charge is -2.01. The van der Waals surface area contributed by atoms with Crippen molar-refractivity contribution in [3.8, 4) is 5.75 Å². The minimum absolute atomic E-state index is 0.0411. The van der Waals surface area contributed by atoms with Gasteiger partial charge in [-0.25, -0.2) is 0 Å². The number of aryl methyl sites for hydroxylation is 1. The van der Waals surface area contributed by atoms with Gasteiger partial charge in [-0.2, -0.15) is 4.80 Å². The molecule has 0 N–H and O–H groups in total. The van der Waals surface area contributed by atoms with Crippen LogP contribution in [0.1, 0.15) is 16.2 Å². The van der Waals surface area contributed by atoms with Crippen LogP contribution in [0.25, 0.3) is 0 Å². The Balaban J connectivity index is 2.09. The van der Waals surface area contributed by atoms with Gasteiger partial charge in [-0.15, -0.1) is 10.2 Å². The lowest BCUT2D eigenvalue weighted by atomic mass is 10.1. The van der Waals surface area contributed by atoms with Crippen LogP contribution < -0.4 is 4.74 Å². The van der Waals surface area contributed by atoms with E-state index in [1.165, 1.54) is 4.80 Å². The number of carbonyl (C=O) groups is 1. The van der Waals surface area contributed by atoms with Crippen LogP contribution in [0.15, 0.2) is 24.3 Å². The molecule has 0 saturated heterocycles. The van der Waals surface area contributed by atoms with E-state index in [1.54, 1.807) is 38.4 Å². The lowest BCUT2D eigenvalue weighted by Crippen LogP contribution is -2.05. The number of methoxy groups -OCH3 is 1. The predicted octanol–water partition coefficient (Wildman–Crippen LogP) is 0.644. The lowest BCUT2D eigenvalue weighted by molar-refractivity contribution is 0.0990. The number of carbonyl (C=O) groups excluding carboxylic acids is 1. The van der Waals surface area contributed by atoms with Crippen LogP contribution in [0, 0.1) is 0 Å². The van der Waals surface area contributed by atoms with E-state index in [4.69, 9.17) is 4.74 Å². The summed E-state index contributed by atoms with van der Waals surface area (Å²) in [6.07, 6.45) is 0.153. The molecule has 1 aromatic heterocycles. The van der Waals surface area contributed by atoms with Gasteiger partial charge in [0.25, 0.3) is 0 Å². The van der Waals surface area contributed by atoms with Gasteiger partial charge in [-0.05, 0) is 29.5 Å². The molecule has 1 heterocycles. The third-order valence-corrected chi connectivity index (χ3v) is 2.28. The molecule has 0 saturated carbocycles. The summed E-state index contributed by atoms with van der Waals surface area (Å²) >= 11 is 0. The largest absolute Gasteiger partial charge is 0.497 e. The van der Waals surface area contributed by atoms with Crippen molar-refractivity contribution in [2.24, 2.45) is 7.05 Å². The number of tetrazole rings is 1. The first-order chi connectivity index (χ1) is 8.19. The maximum atomic E-state index is 11.9. The summed E-state index contributed by atoms with van der Waals surface area (Å²) in [6, 6.07) is 6.93. The van der Waals surface area contributed by atoms with Gasteiger partial charge in [0, 0.05) is 5.56 Å². The first kappa shape index (κ1) is 11.3. The van der Waals surface area contributed by atoms with Crippen LogP contribution >= 0.6 is 0 Å². The summed E-state index contributed by atoms with van der Waals surface area (Å²) in [4.78, 5) is 13.2. The number of nitrogens with zero attached hydrogens (tertiary/aromatic N) is 4. The topological polar surface area (TPSA) is 69.9 Å². The highest BCUT2D eigenvalue weighted by molar-refractivity contribution is 5.97. The fraction of sp³-hybridized carbons (Fsp3) is 0.273. The van der Waals surface area contributed by atoms with Gasteiger partial charge in [0.2, 0.25) is 0 Å². The monoisotopic (exact) mass is 232 g/mol. The average Bonchev–Trinajstić information content (AvgIpc) is 2.75. The standard InChI is InChI=1S/C11H12N4O2/c1-15-13-11(12-14-15)7-10(16)8-3-5-9(17-2)6-4-8/h3-6H,7H2,1-2H3. The van der Waals surface area contributed by atoms with Crippen molar-refractivity contribution < 1.29 is 9.53 Å². The molecule has 17 heavy (non-hydrogen) atoms. The van der Waals surface area contributed by atoms with Crippen LogP contribution in [-0.2, 0) is 13.5 Å². The molecule has 0 unspecified atom stereocenters. The van der Waals surface area contributed by atoms with E-state index in [2.05, 4.69) is 15.4 Å². The van der Waals surface area contributed by atoms with Crippen molar-refractivity contribution in [2.45, 2.75) is 6.42 Å². The zero-order chi connectivity index (χ0) is 12.3. The molecule has 0 atom stereocenters. The molecule has 0 fully saturated rings. The molecule has 2 aromatic rings. The molecule has 0 aliphatic rings. The van der Waals surface area contributed by atoms with Crippen LogP contribution in [-0.4, -0.2) is 33.1 Å². The molecule has 0 bridgehead atoms. The molecule has 2 rings (SSSR count). The van der Waals surface area contributed by atoms with E-state index in [9.17, 15) is 4.79 Å². The van der Waals surface area contributed by atoms with Crippen LogP contribution in [0.4, 0.5) is 0 Å². The molecular formula is C11H12N4O2. The quantitative estimate of drug-likeness (QED) is 0.724. The number of benzene rings is 1. The highest BCUT2D eigenvalue weighted by Crippen LogP contribution is 2.12. The molecular weight excluding hydrogens is 220 g/mol. The molecule has 6 heteroatoms. The fourth-order valence-electron chi connectivity index (χ4n) is 1.42. The Hall–Kier alpha value is -2.24. The highest BCUT2D eigenvalue weighted by atomic mass is 16.5. The van der Waals surface area contributed by atoms with E-state index in [-0.39, 0.29) is 12.2 Å². The summed E-state index contributed by atoms with van der Waals surface area (Å²) < 4.78 is 5.02. The van der Waals surface area contributed by atoms with Crippen molar-refractivity contribution in [3.05, 3.63) is 35.7 Å². The van der Waals surface area contributed by atoms with Gasteiger partial charge in [-0.3, -0.25) is 4.79 Å². The van der Waals surface area contributed by atoms with Gasteiger partial charge in [0.1, 0.15) is 5.75 Å². The molecule has 0 radical (unpaired) electrons. The third-order valence-electron chi connectivity index (χ3n) is 2.28. The zero-order valence-corrected chi connectivity index (χ0v) is 9.62. The first-order valence-electron chi connectivity index (χ1n) is 5.09. The molecule has 88 valence electrons. The first-order valence-corrected chi connectivity index (χ1v) is 5.09. The van der Waals surface area contributed by atoms with Gasteiger partial charge in [-0.1, -0.05) is 0 Å². The molecule has 6 nitrogen and oxygen atoms in total. The minimum Gasteiger partial charge on any atom is -0.497 e. The van der Waals surface area contributed by atoms with Gasteiger partial charge in [0.05, 0.1) is 20.6 Å². The van der Waals surface area contributed by atoms with Crippen molar-refractivity contribution >= 4 is 5.78 Å². The fourth-order valence-corrected chi connectivity index (χ4v) is 1.42. The second-order valence-electron chi connectivity index (χ2n) is 3.52. The number of hydrogen-bond acceptors (Lipinski definition) is 5. The molecule has 1 aromatic carbocycles. The SMILES string of the molecule is COc1ccc(C(=O)Cc2nnn(C)n2)cc1. The van der Waals surface area contributed by atoms with Crippen molar-refractivity contribution in [1.29, 1.82) is 0 Å². The zero-order valence-electron chi connectivity index (χ0n) is 9.62. The Kier molecular flexibility index (Phi) is 3.13. The van der Waals surface area contributed by atoms with E-state index in [0.717, 1.165) is 5.75 Å². The van der Waals surface area contributed by atoms with Gasteiger partial charge < -0.3 is 4.74 Å². The van der Waals surface area contributed by atoms with Crippen molar-refractivity contribution in [3.63, 3.8) is 0 Å². The number of ether oxygens (including phenoxy) is 1. The summed E-state index contributed by atoms with van der Waals surface area (Å²) in [5.41, 5.74) is 0.609. The van der Waals surface area contributed by atoms with Crippen LogP contribution in [0.3, 0.4) is 0 Å². The predicted molar refractivity (Wildman–Crippen MR) is 59.8 cm³/mol. The maximum Gasteiger partial charge on any atom is 0.182 e. The Morgan fingerprint density at radius 2 is 2.06 bits per heavy atom. The Bertz CT molecular complexity index is 519. The summed E-state index contributed by atoms with van der Waals surface area (Å²) in [5.74, 6) is 1.10. The normalized spacial score (nSPS) is 10.2. The highest BCUT2D eigenvalue weighted by Gasteiger charge is 2.10. The second kappa shape index (κ2) is 4.73. The summed E-state index contributed by atoms with van der Waals surface area (Å²) in [7, 11) is 3.24. The smallest absolute Gasteiger partial charge is 0.182 e. The second-order valence-corrected chi connectivity index (χ2v) is 3.52. The van der Waals surface area contributed by atoms with Crippen molar-refractivity contribution in [2.75, 3.05) is 7.11 Å². The number of rotatable bonds is 4. The minimum atomic E-state index is -0.0411. The van der Waals surface area contributed by atoms with Crippen LogP contribution in [0.2, 0.25) is 0 Å². The molecule has 0 aliphatic carbocycles. The maximum absolute atomic E-state index is 11.9. The number of ketones is 1. The third kappa shape index (κ3) is 2.66. The van der Waals surface area contributed by atoms with E-state index < -0.39 is 0 Å². The van der Waals surface area contributed by atoms with Gasteiger partial charge >= 0.3 is 0 Å². The number of aromatic nitrogens is 4. The average molecular weight is 232 g/mol. The van der Waals surface area contributed by atoms with E-state index >= 15 is 0 Å². The summed E-state index contributed by atoms with van der Waals surface area (Å²) in [5, 5.41) is 11.4. The molecule has 0 spiro atoms. The Morgan fingerprint density at radius 1 is 1.35 bits per heavy atom. The number of Topliss-reactive ketones (excluding diaryl/α,β-unsaturated/α-hetero) is 1. The van der Waals surface area contributed by atoms with Gasteiger partial charge in [0.15, 0.2) is 11.6 Å². The summed E-state index contributed by atoms with van der Waals surface area (Å²) in [6.45, 7) is 0. The molecule has 0 amide bonds. The molecule has 0 aliphatic heterocycles. The van der Waals surface area contributed by atoms with Crippen LogP contribution in [0.5, 0.6) is 5.75 Å². The number of hydrogen-bond donors (Lipinski definition) is 0. The van der Waals surface area contributed by atoms with E-state index in [0.29, 0.717) is 11.4 Å². The van der Waals surface area contributed by atoms with Crippen molar-refractivity contribution in [1.82, 2.24) is 20.2 Å². The Morgan fingerprint density at radius 3 is 2.59 bits per heavy atom.